The quantitative estimate of drug-likeness (QED) is 0.739. The lowest BCUT2D eigenvalue weighted by molar-refractivity contribution is -0.147. The van der Waals surface area contributed by atoms with Gasteiger partial charge in [0.25, 0.3) is 5.91 Å². The van der Waals surface area contributed by atoms with Crippen LogP contribution in [0.25, 0.3) is 0 Å². The summed E-state index contributed by atoms with van der Waals surface area (Å²) >= 11 is 0. The molecule has 0 saturated carbocycles. The number of benzene rings is 2. The number of nitrogens with zero attached hydrogens (tertiary/aromatic N) is 1. The predicted molar refractivity (Wildman–Crippen MR) is 104 cm³/mol. The van der Waals surface area contributed by atoms with Crippen LogP contribution in [-0.4, -0.2) is 23.5 Å². The first kappa shape index (κ1) is 18.4. The second-order valence-electron chi connectivity index (χ2n) is 6.89. The van der Waals surface area contributed by atoms with Gasteiger partial charge in [0.1, 0.15) is 6.10 Å². The van der Waals surface area contributed by atoms with Crippen LogP contribution in [0.15, 0.2) is 72.8 Å². The number of amides is 1. The van der Waals surface area contributed by atoms with E-state index < -0.39 is 6.10 Å². The monoisotopic (exact) mass is 349 g/mol. The molecule has 0 spiro atoms. The first-order valence-corrected chi connectivity index (χ1v) is 9.39. The van der Waals surface area contributed by atoms with Crippen molar-refractivity contribution in [2.45, 2.75) is 39.0 Å². The molecule has 0 saturated heterocycles. The number of hydrogen-bond acceptors (Lipinski definition) is 2. The smallest absolute Gasteiger partial charge is 0.252 e. The topological polar surface area (TPSA) is 29.5 Å². The number of hydrogen-bond donors (Lipinski definition) is 0. The molecule has 2 atom stereocenters. The summed E-state index contributed by atoms with van der Waals surface area (Å²) in [6, 6.07) is 20.2. The van der Waals surface area contributed by atoms with E-state index in [0.29, 0.717) is 13.2 Å². The normalized spacial score (nSPS) is 22.3. The van der Waals surface area contributed by atoms with Crippen LogP contribution >= 0.6 is 0 Å². The Bertz CT molecular complexity index is 712. The SMILES string of the molecule is C[C@H]1/C=C/CCCN(Cc2ccccc2)C(=O)[C@@H]1OCc1ccccc1. The van der Waals surface area contributed by atoms with Gasteiger partial charge in [0.15, 0.2) is 0 Å². The van der Waals surface area contributed by atoms with Gasteiger partial charge in [0.2, 0.25) is 0 Å². The molecule has 2 aromatic rings. The minimum Gasteiger partial charge on any atom is -0.363 e. The van der Waals surface area contributed by atoms with Gasteiger partial charge >= 0.3 is 0 Å². The molecule has 0 aliphatic carbocycles. The Morgan fingerprint density at radius 1 is 1.00 bits per heavy atom. The van der Waals surface area contributed by atoms with E-state index in [1.807, 2.05) is 53.4 Å². The summed E-state index contributed by atoms with van der Waals surface area (Å²) in [7, 11) is 0. The molecule has 1 aliphatic heterocycles. The molecule has 0 bridgehead atoms. The van der Waals surface area contributed by atoms with E-state index in [4.69, 9.17) is 4.74 Å². The minimum atomic E-state index is -0.451. The van der Waals surface area contributed by atoms with Crippen molar-refractivity contribution in [3.63, 3.8) is 0 Å². The van der Waals surface area contributed by atoms with Crippen molar-refractivity contribution in [2.75, 3.05) is 6.54 Å². The molecule has 2 aromatic carbocycles. The predicted octanol–water partition coefficient (Wildman–Crippen LogP) is 4.59. The lowest BCUT2D eigenvalue weighted by Gasteiger charge is -2.29. The number of ether oxygens (including phenoxy) is 1. The molecule has 0 fully saturated rings. The van der Waals surface area contributed by atoms with Crippen molar-refractivity contribution >= 4 is 5.91 Å². The van der Waals surface area contributed by atoms with E-state index in [9.17, 15) is 4.79 Å². The minimum absolute atomic E-state index is 0.0579. The lowest BCUT2D eigenvalue weighted by Crippen LogP contribution is -2.43. The molecule has 26 heavy (non-hydrogen) atoms. The molecule has 3 rings (SSSR count). The van der Waals surface area contributed by atoms with Crippen LogP contribution in [0.5, 0.6) is 0 Å². The highest BCUT2D eigenvalue weighted by molar-refractivity contribution is 5.81. The van der Waals surface area contributed by atoms with Crippen LogP contribution in [0.2, 0.25) is 0 Å². The van der Waals surface area contributed by atoms with Gasteiger partial charge in [-0.25, -0.2) is 0 Å². The van der Waals surface area contributed by atoms with Crippen LogP contribution in [0, 0.1) is 5.92 Å². The standard InChI is InChI=1S/C23H27NO2/c1-19-11-5-4-10-16-24(17-20-12-6-2-7-13-20)23(25)22(19)26-18-21-14-8-3-9-15-21/h2-3,5-9,11-15,19,22H,4,10,16-18H2,1H3/b11-5+/t19-,22+/m0/s1. The van der Waals surface area contributed by atoms with E-state index in [2.05, 4.69) is 31.2 Å². The molecule has 0 aromatic heterocycles. The third kappa shape index (κ3) is 5.06. The molecule has 3 nitrogen and oxygen atoms in total. The molecule has 0 N–H and O–H groups in total. The van der Waals surface area contributed by atoms with E-state index in [-0.39, 0.29) is 11.8 Å². The molecular weight excluding hydrogens is 322 g/mol. The van der Waals surface area contributed by atoms with Crippen LogP contribution in [-0.2, 0) is 22.7 Å². The Balaban J connectivity index is 1.74. The zero-order valence-corrected chi connectivity index (χ0v) is 15.4. The molecule has 1 heterocycles. The molecule has 0 radical (unpaired) electrons. The van der Waals surface area contributed by atoms with Gasteiger partial charge in [-0.15, -0.1) is 0 Å². The van der Waals surface area contributed by atoms with E-state index in [1.54, 1.807) is 0 Å². The highest BCUT2D eigenvalue weighted by Crippen LogP contribution is 2.19. The van der Waals surface area contributed by atoms with Gasteiger partial charge in [0.05, 0.1) is 6.61 Å². The third-order valence-electron chi connectivity index (χ3n) is 4.76. The maximum Gasteiger partial charge on any atom is 0.252 e. The summed E-state index contributed by atoms with van der Waals surface area (Å²) in [6.07, 6.45) is 5.83. The van der Waals surface area contributed by atoms with Gasteiger partial charge < -0.3 is 9.64 Å². The summed E-state index contributed by atoms with van der Waals surface area (Å²) in [5, 5.41) is 0. The average Bonchev–Trinajstić information content (AvgIpc) is 2.73. The first-order chi connectivity index (χ1) is 12.7. The molecule has 3 heteroatoms. The Morgan fingerprint density at radius 3 is 2.35 bits per heavy atom. The van der Waals surface area contributed by atoms with E-state index in [0.717, 1.165) is 30.5 Å². The van der Waals surface area contributed by atoms with Gasteiger partial charge in [-0.3, -0.25) is 4.79 Å². The molecule has 1 amide bonds. The number of carbonyl (C=O) groups excluding carboxylic acids is 1. The van der Waals surface area contributed by atoms with Crippen molar-refractivity contribution in [1.82, 2.24) is 4.90 Å². The van der Waals surface area contributed by atoms with Gasteiger partial charge in [-0.1, -0.05) is 79.7 Å². The number of carbonyl (C=O) groups is 1. The summed E-state index contributed by atoms with van der Waals surface area (Å²) in [5.74, 6) is 0.145. The van der Waals surface area contributed by atoms with Gasteiger partial charge in [-0.05, 0) is 24.0 Å². The summed E-state index contributed by atoms with van der Waals surface area (Å²) < 4.78 is 6.11. The number of allylic oxidation sites excluding steroid dienone is 1. The van der Waals surface area contributed by atoms with Crippen LogP contribution in [0.4, 0.5) is 0 Å². The van der Waals surface area contributed by atoms with Crippen molar-refractivity contribution in [1.29, 1.82) is 0 Å². The second-order valence-corrected chi connectivity index (χ2v) is 6.89. The van der Waals surface area contributed by atoms with Crippen LogP contribution < -0.4 is 0 Å². The van der Waals surface area contributed by atoms with Crippen molar-refractivity contribution in [3.05, 3.63) is 83.9 Å². The fourth-order valence-electron chi connectivity index (χ4n) is 3.27. The highest BCUT2D eigenvalue weighted by Gasteiger charge is 2.29. The Kier molecular flexibility index (Phi) is 6.62. The molecule has 0 unspecified atom stereocenters. The van der Waals surface area contributed by atoms with Crippen LogP contribution in [0.1, 0.15) is 30.9 Å². The Hall–Kier alpha value is -2.39. The maximum atomic E-state index is 13.3. The molecule has 136 valence electrons. The summed E-state index contributed by atoms with van der Waals surface area (Å²) in [5.41, 5.74) is 2.24. The highest BCUT2D eigenvalue weighted by atomic mass is 16.5. The van der Waals surface area contributed by atoms with Gasteiger partial charge in [0, 0.05) is 19.0 Å². The van der Waals surface area contributed by atoms with Crippen molar-refractivity contribution in [2.24, 2.45) is 5.92 Å². The fourth-order valence-corrected chi connectivity index (χ4v) is 3.27. The molecule has 1 aliphatic rings. The summed E-state index contributed by atoms with van der Waals surface area (Å²) in [4.78, 5) is 15.2. The van der Waals surface area contributed by atoms with Gasteiger partial charge in [-0.2, -0.15) is 0 Å². The van der Waals surface area contributed by atoms with Crippen molar-refractivity contribution in [3.8, 4) is 0 Å². The zero-order chi connectivity index (χ0) is 18.2. The first-order valence-electron chi connectivity index (χ1n) is 9.39. The van der Waals surface area contributed by atoms with E-state index in [1.165, 1.54) is 0 Å². The maximum absolute atomic E-state index is 13.3. The lowest BCUT2D eigenvalue weighted by atomic mass is 10.0. The van der Waals surface area contributed by atoms with Crippen molar-refractivity contribution < 1.29 is 9.53 Å². The van der Waals surface area contributed by atoms with Crippen LogP contribution in [0.3, 0.4) is 0 Å². The summed E-state index contributed by atoms with van der Waals surface area (Å²) in [6.45, 7) is 3.91. The zero-order valence-electron chi connectivity index (χ0n) is 15.4. The number of rotatable bonds is 5. The Morgan fingerprint density at radius 2 is 1.65 bits per heavy atom. The third-order valence-corrected chi connectivity index (χ3v) is 4.76. The largest absolute Gasteiger partial charge is 0.363 e. The average molecular weight is 349 g/mol. The van der Waals surface area contributed by atoms with E-state index >= 15 is 0 Å². The second kappa shape index (κ2) is 9.35. The molecular formula is C23H27NO2. The fraction of sp³-hybridized carbons (Fsp3) is 0.348. The Labute approximate surface area is 156 Å².